The van der Waals surface area contributed by atoms with Crippen molar-refractivity contribution in [3.8, 4) is 0 Å². The van der Waals surface area contributed by atoms with Crippen molar-refractivity contribution in [3.05, 3.63) is 0 Å². The molecular formula is C16H29NO5S. The van der Waals surface area contributed by atoms with Gasteiger partial charge in [0.05, 0.1) is 12.4 Å². The average Bonchev–Trinajstić information content (AvgIpc) is 3.04. The quantitative estimate of drug-likeness (QED) is 0.533. The topological polar surface area (TPSA) is 90.2 Å². The van der Waals surface area contributed by atoms with Crippen molar-refractivity contribution in [2.45, 2.75) is 75.2 Å². The number of thioether (sulfide) groups is 1. The molecule has 0 saturated carbocycles. The molecule has 5 atom stereocenters. The largest absolute Gasteiger partial charge is 0.394 e. The maximum atomic E-state index is 12.1. The molecule has 0 aliphatic carbocycles. The van der Waals surface area contributed by atoms with Crippen LogP contribution in [-0.2, 0) is 9.53 Å². The number of nitrogens with zero attached hydrogens (tertiary/aromatic N) is 1. The molecule has 6 nitrogen and oxygen atoms in total. The van der Waals surface area contributed by atoms with E-state index in [1.165, 1.54) is 37.4 Å². The molecule has 0 spiro atoms. The fourth-order valence-corrected chi connectivity index (χ4v) is 4.52. The highest BCUT2D eigenvalue weighted by molar-refractivity contribution is 8.01. The molecule has 23 heavy (non-hydrogen) atoms. The molecule has 134 valence electrons. The van der Waals surface area contributed by atoms with Gasteiger partial charge >= 0.3 is 0 Å². The highest BCUT2D eigenvalue weighted by Gasteiger charge is 2.50. The van der Waals surface area contributed by atoms with Gasteiger partial charge in [-0.2, -0.15) is 0 Å². The van der Waals surface area contributed by atoms with E-state index >= 15 is 0 Å². The van der Waals surface area contributed by atoms with Crippen LogP contribution in [0.3, 0.4) is 0 Å². The molecule has 0 unspecified atom stereocenters. The molecule has 2 saturated heterocycles. The number of amides is 1. The molecule has 0 bridgehead atoms. The minimum absolute atomic E-state index is 0.0614. The first-order valence-corrected chi connectivity index (χ1v) is 9.68. The Morgan fingerprint density at radius 1 is 1.17 bits per heavy atom. The van der Waals surface area contributed by atoms with Gasteiger partial charge in [-0.15, -0.1) is 11.8 Å². The predicted molar refractivity (Wildman–Crippen MR) is 89.1 cm³/mol. The van der Waals surface area contributed by atoms with Gasteiger partial charge in [-0.25, -0.2) is 0 Å². The smallest absolute Gasteiger partial charge is 0.233 e. The van der Waals surface area contributed by atoms with E-state index in [-0.39, 0.29) is 17.9 Å². The third-order valence-electron chi connectivity index (χ3n) is 4.62. The number of rotatable bonds is 9. The number of aliphatic hydroxyl groups is 3. The normalized spacial score (nSPS) is 34.5. The number of unbranched alkanes of at least 4 members (excludes halogenated alkanes) is 5. The molecular weight excluding hydrogens is 318 g/mol. The molecule has 0 aromatic rings. The van der Waals surface area contributed by atoms with E-state index in [4.69, 9.17) is 4.74 Å². The van der Waals surface area contributed by atoms with Crippen molar-refractivity contribution in [2.75, 3.05) is 18.9 Å². The van der Waals surface area contributed by atoms with Crippen LogP contribution in [0.2, 0.25) is 0 Å². The second-order valence-electron chi connectivity index (χ2n) is 6.36. The summed E-state index contributed by atoms with van der Waals surface area (Å²) in [6.45, 7) is 2.51. The van der Waals surface area contributed by atoms with Crippen LogP contribution in [0.4, 0.5) is 0 Å². The number of hydrogen-bond acceptors (Lipinski definition) is 6. The minimum atomic E-state index is -1.10. The number of carbonyl (C=O) groups is 1. The fourth-order valence-electron chi connectivity index (χ4n) is 3.22. The zero-order chi connectivity index (χ0) is 16.8. The lowest BCUT2D eigenvalue weighted by Crippen LogP contribution is -2.46. The Morgan fingerprint density at radius 3 is 2.52 bits per heavy atom. The van der Waals surface area contributed by atoms with Gasteiger partial charge in [-0.3, -0.25) is 4.79 Å². The van der Waals surface area contributed by atoms with Crippen LogP contribution in [0.25, 0.3) is 0 Å². The van der Waals surface area contributed by atoms with Crippen molar-refractivity contribution >= 4 is 17.7 Å². The Bertz CT molecular complexity index is 383. The lowest BCUT2D eigenvalue weighted by Gasteiger charge is -2.29. The molecule has 1 amide bonds. The monoisotopic (exact) mass is 347 g/mol. The molecule has 2 aliphatic rings. The van der Waals surface area contributed by atoms with Crippen LogP contribution in [0.15, 0.2) is 0 Å². The van der Waals surface area contributed by atoms with Crippen LogP contribution in [0.1, 0.15) is 45.4 Å². The molecule has 7 heteroatoms. The molecule has 3 N–H and O–H groups in total. The summed E-state index contributed by atoms with van der Waals surface area (Å²) in [6.07, 6.45) is 3.34. The Morgan fingerprint density at radius 2 is 1.87 bits per heavy atom. The fraction of sp³-hybridized carbons (Fsp3) is 0.938. The summed E-state index contributed by atoms with van der Waals surface area (Å²) in [5.74, 6) is 0.443. The number of carbonyl (C=O) groups excluding carboxylic acids is 1. The summed E-state index contributed by atoms with van der Waals surface area (Å²) in [5.41, 5.74) is 0. The molecule has 2 rings (SSSR count). The van der Waals surface area contributed by atoms with E-state index in [0.29, 0.717) is 12.3 Å². The van der Waals surface area contributed by atoms with Crippen molar-refractivity contribution in [1.29, 1.82) is 0 Å². The highest BCUT2D eigenvalue weighted by atomic mass is 32.2. The van der Waals surface area contributed by atoms with Crippen LogP contribution in [0, 0.1) is 0 Å². The predicted octanol–water partition coefficient (Wildman–Crippen LogP) is 0.730. The first-order chi connectivity index (χ1) is 11.1. The summed E-state index contributed by atoms with van der Waals surface area (Å²) in [5, 5.41) is 29.0. The van der Waals surface area contributed by atoms with Crippen molar-refractivity contribution < 1.29 is 24.9 Å². The number of aliphatic hydroxyl groups excluding tert-OH is 3. The summed E-state index contributed by atoms with van der Waals surface area (Å²) < 4.78 is 5.59. The van der Waals surface area contributed by atoms with Crippen LogP contribution in [-0.4, -0.2) is 74.8 Å². The van der Waals surface area contributed by atoms with Gasteiger partial charge in [0.1, 0.15) is 29.8 Å². The van der Waals surface area contributed by atoms with Gasteiger partial charge < -0.3 is 25.0 Å². The molecule has 2 heterocycles. The molecule has 0 aromatic carbocycles. The van der Waals surface area contributed by atoms with Crippen LogP contribution >= 0.6 is 11.8 Å². The highest BCUT2D eigenvalue weighted by Crippen LogP contribution is 2.35. The standard InChI is InChI=1S/C16H29NO5S/c1-2-3-4-5-6-7-8-17-12(19)10-23-16(17)15-14(21)13(20)11(9-18)22-15/h11,13-16,18,20-21H,2-10H2,1H3/t11-,13-,14+,15+,16-/m1/s1. The van der Waals surface area contributed by atoms with E-state index in [0.717, 1.165) is 12.8 Å². The SMILES string of the molecule is CCCCCCCCN1C(=O)CS[C@@H]1[C@H]1O[C@H](CO)[C@@H](O)[C@@H]1O. The Balaban J connectivity index is 1.84. The Labute approximate surface area is 142 Å². The first kappa shape index (κ1) is 19.0. The second kappa shape index (κ2) is 9.22. The first-order valence-electron chi connectivity index (χ1n) is 8.63. The summed E-state index contributed by atoms with van der Waals surface area (Å²) in [6, 6.07) is 0. The minimum Gasteiger partial charge on any atom is -0.394 e. The van der Waals surface area contributed by atoms with Crippen molar-refractivity contribution in [2.24, 2.45) is 0 Å². The summed E-state index contributed by atoms with van der Waals surface area (Å²) in [7, 11) is 0. The lowest BCUT2D eigenvalue weighted by molar-refractivity contribution is -0.131. The van der Waals surface area contributed by atoms with E-state index in [1.807, 2.05) is 0 Å². The molecule has 2 aliphatic heterocycles. The summed E-state index contributed by atoms with van der Waals surface area (Å²) >= 11 is 1.44. The zero-order valence-electron chi connectivity index (χ0n) is 13.8. The lowest BCUT2D eigenvalue weighted by atomic mass is 10.1. The Hall–Kier alpha value is -0.340. The zero-order valence-corrected chi connectivity index (χ0v) is 14.6. The van der Waals surface area contributed by atoms with Gasteiger partial charge in [0.15, 0.2) is 0 Å². The number of hydrogen-bond donors (Lipinski definition) is 3. The van der Waals surface area contributed by atoms with Crippen LogP contribution in [0.5, 0.6) is 0 Å². The number of ether oxygens (including phenoxy) is 1. The van der Waals surface area contributed by atoms with Crippen molar-refractivity contribution in [1.82, 2.24) is 4.90 Å². The van der Waals surface area contributed by atoms with Gasteiger partial charge in [0.25, 0.3) is 0 Å². The maximum Gasteiger partial charge on any atom is 0.233 e. The van der Waals surface area contributed by atoms with Gasteiger partial charge in [0.2, 0.25) is 5.91 Å². The Kier molecular flexibility index (Phi) is 7.62. The van der Waals surface area contributed by atoms with Gasteiger partial charge in [-0.1, -0.05) is 39.0 Å². The van der Waals surface area contributed by atoms with E-state index < -0.39 is 24.4 Å². The van der Waals surface area contributed by atoms with Gasteiger partial charge in [-0.05, 0) is 6.42 Å². The molecule has 0 aromatic heterocycles. The van der Waals surface area contributed by atoms with E-state index in [1.54, 1.807) is 4.90 Å². The van der Waals surface area contributed by atoms with Gasteiger partial charge in [0, 0.05) is 6.54 Å². The maximum absolute atomic E-state index is 12.1. The summed E-state index contributed by atoms with van der Waals surface area (Å²) in [4.78, 5) is 13.9. The molecule has 2 fully saturated rings. The second-order valence-corrected chi connectivity index (χ2v) is 7.46. The van der Waals surface area contributed by atoms with Crippen LogP contribution < -0.4 is 0 Å². The average molecular weight is 347 g/mol. The van der Waals surface area contributed by atoms with E-state index in [2.05, 4.69) is 6.92 Å². The van der Waals surface area contributed by atoms with E-state index in [9.17, 15) is 20.1 Å². The molecule has 0 radical (unpaired) electrons. The van der Waals surface area contributed by atoms with Crippen molar-refractivity contribution in [3.63, 3.8) is 0 Å². The third-order valence-corrected chi connectivity index (χ3v) is 5.90. The third kappa shape index (κ3) is 4.60.